The minimum Gasteiger partial charge on any atom is -0.426 e. The van der Waals surface area contributed by atoms with E-state index >= 15 is 9.59 Å². The third-order valence-electron chi connectivity index (χ3n) is 9.78. The van der Waals surface area contributed by atoms with Gasteiger partial charge in [-0.05, 0) is 58.7 Å². The Morgan fingerprint density at radius 2 is 0.911 bits per heavy atom. The minimum atomic E-state index is -2.16. The van der Waals surface area contributed by atoms with Crippen LogP contribution in [0.25, 0.3) is 5.57 Å². The molecule has 0 saturated carbocycles. The van der Waals surface area contributed by atoms with Crippen LogP contribution >= 0.6 is 0 Å². The van der Waals surface area contributed by atoms with Crippen molar-refractivity contribution in [2.24, 2.45) is 0 Å². The number of hydrogen-bond acceptors (Lipinski definition) is 6. The molecule has 7 aromatic rings. The molecule has 0 aromatic heterocycles. The summed E-state index contributed by atoms with van der Waals surface area (Å²) in [5.41, 5.74) is 2.02. The van der Waals surface area contributed by atoms with Gasteiger partial charge in [-0.25, -0.2) is 9.69 Å². The molecule has 2 fully saturated rings. The van der Waals surface area contributed by atoms with Gasteiger partial charge in [0, 0.05) is 5.57 Å². The van der Waals surface area contributed by atoms with E-state index in [1.165, 1.54) is 10.0 Å². The fourth-order valence-corrected chi connectivity index (χ4v) is 7.39. The lowest BCUT2D eigenvalue weighted by atomic mass is 9.85. The third-order valence-corrected chi connectivity index (χ3v) is 9.78. The van der Waals surface area contributed by atoms with Crippen molar-refractivity contribution in [1.29, 1.82) is 0 Å². The van der Waals surface area contributed by atoms with Crippen molar-refractivity contribution in [3.05, 3.63) is 240 Å². The van der Waals surface area contributed by atoms with Crippen molar-refractivity contribution in [3.8, 4) is 11.5 Å². The van der Waals surface area contributed by atoms with Crippen LogP contribution in [0.5, 0.6) is 11.5 Å². The Balaban J connectivity index is 1.42. The molecular formula is C48H35N3O5. The lowest BCUT2D eigenvalue weighted by molar-refractivity contribution is -0.254. The van der Waals surface area contributed by atoms with Gasteiger partial charge in [0.05, 0.1) is 5.69 Å². The van der Waals surface area contributed by atoms with Crippen LogP contribution < -0.4 is 14.4 Å². The summed E-state index contributed by atoms with van der Waals surface area (Å²) in [6.45, 7) is 0. The van der Waals surface area contributed by atoms with Crippen LogP contribution in [0.15, 0.2) is 218 Å². The molecule has 1 atom stereocenters. The molecule has 0 spiro atoms. The first kappa shape index (κ1) is 34.4. The number of carbonyl (C=O) groups is 2. The molecule has 0 N–H and O–H groups in total. The topological polar surface area (TPSA) is 71.5 Å². The Hall–Kier alpha value is -7.42. The maximum absolute atomic E-state index is 16.1. The summed E-state index contributed by atoms with van der Waals surface area (Å²) in [5.74, 6) is 0.373. The van der Waals surface area contributed by atoms with Crippen LogP contribution in [-0.4, -0.2) is 28.1 Å². The second-order valence-electron chi connectivity index (χ2n) is 13.2. The van der Waals surface area contributed by atoms with Crippen LogP contribution in [0.4, 0.5) is 10.5 Å². The molecule has 0 aliphatic carbocycles. The number of carbonyl (C=O) groups excluding carboxylic acids is 2. The van der Waals surface area contributed by atoms with E-state index in [1.807, 2.05) is 176 Å². The van der Waals surface area contributed by atoms with E-state index in [0.29, 0.717) is 28.1 Å². The average molecular weight is 734 g/mol. The molecule has 0 bridgehead atoms. The van der Waals surface area contributed by atoms with Crippen LogP contribution in [0.1, 0.15) is 22.3 Å². The van der Waals surface area contributed by atoms with Crippen molar-refractivity contribution in [2.75, 3.05) is 4.90 Å². The minimum absolute atomic E-state index is 0.272. The lowest BCUT2D eigenvalue weighted by Gasteiger charge is -2.38. The zero-order valence-corrected chi connectivity index (χ0v) is 30.1. The summed E-state index contributed by atoms with van der Waals surface area (Å²) in [7, 11) is 0. The zero-order chi connectivity index (χ0) is 38.0. The van der Waals surface area contributed by atoms with Gasteiger partial charge in [-0.2, -0.15) is 10.0 Å². The summed E-state index contributed by atoms with van der Waals surface area (Å²) < 4.78 is 20.8. The monoisotopic (exact) mass is 733 g/mol. The van der Waals surface area contributed by atoms with Gasteiger partial charge in [0.1, 0.15) is 11.5 Å². The SMILES string of the molecule is O=C(Oc1ccccc1)N1C(=C(c2ccccc2)c2ccccc2)N(c2ccccc2)C2(Oc3ccccc3)OC(c3ccccc3)(c3ccccc3)C(=O)N12. The van der Waals surface area contributed by atoms with Crippen molar-refractivity contribution in [3.63, 3.8) is 0 Å². The van der Waals surface area contributed by atoms with Crippen molar-refractivity contribution >= 4 is 23.3 Å². The second kappa shape index (κ2) is 14.4. The Morgan fingerprint density at radius 3 is 1.39 bits per heavy atom. The second-order valence-corrected chi connectivity index (χ2v) is 13.2. The van der Waals surface area contributed by atoms with E-state index in [2.05, 4.69) is 0 Å². The molecule has 2 saturated heterocycles. The number of hydrogen-bond donors (Lipinski definition) is 0. The first-order chi connectivity index (χ1) is 27.6. The van der Waals surface area contributed by atoms with Crippen LogP contribution in [0, 0.1) is 0 Å². The highest BCUT2D eigenvalue weighted by atomic mass is 16.8. The van der Waals surface area contributed by atoms with E-state index in [-0.39, 0.29) is 11.6 Å². The first-order valence-corrected chi connectivity index (χ1v) is 18.3. The van der Waals surface area contributed by atoms with Gasteiger partial charge in [0.15, 0.2) is 5.82 Å². The fraction of sp³-hybridized carbons (Fsp3) is 0.0417. The highest BCUT2D eigenvalue weighted by Gasteiger charge is 2.76. The summed E-state index contributed by atoms with van der Waals surface area (Å²) in [5, 5.41) is 2.55. The molecule has 56 heavy (non-hydrogen) atoms. The largest absolute Gasteiger partial charge is 0.440 e. The Morgan fingerprint density at radius 1 is 0.500 bits per heavy atom. The van der Waals surface area contributed by atoms with Crippen LogP contribution in [0.2, 0.25) is 0 Å². The van der Waals surface area contributed by atoms with Crippen LogP contribution in [0.3, 0.4) is 0 Å². The molecule has 0 radical (unpaired) electrons. The van der Waals surface area contributed by atoms with Gasteiger partial charge in [0.2, 0.25) is 5.60 Å². The van der Waals surface area contributed by atoms with Gasteiger partial charge in [-0.15, -0.1) is 0 Å². The summed E-state index contributed by atoms with van der Waals surface area (Å²) >= 11 is 0. The molecule has 2 heterocycles. The zero-order valence-electron chi connectivity index (χ0n) is 30.1. The Labute approximate surface area is 324 Å². The Bertz CT molecular complexity index is 2410. The fourth-order valence-electron chi connectivity index (χ4n) is 7.39. The summed E-state index contributed by atoms with van der Waals surface area (Å²) in [4.78, 5) is 33.2. The number of amides is 2. The molecule has 2 aliphatic rings. The van der Waals surface area contributed by atoms with Crippen LogP contribution in [-0.2, 0) is 15.1 Å². The maximum atomic E-state index is 16.1. The molecule has 2 aliphatic heterocycles. The predicted octanol–water partition coefficient (Wildman–Crippen LogP) is 9.83. The highest BCUT2D eigenvalue weighted by molar-refractivity contribution is 5.98. The van der Waals surface area contributed by atoms with E-state index in [9.17, 15) is 0 Å². The summed E-state index contributed by atoms with van der Waals surface area (Å²) in [6, 6.07) is 63.3. The van der Waals surface area contributed by atoms with Crippen molar-refractivity contribution in [1.82, 2.24) is 10.0 Å². The maximum Gasteiger partial charge on any atom is 0.440 e. The molecule has 9 rings (SSSR count). The molecule has 8 nitrogen and oxygen atoms in total. The van der Waals surface area contributed by atoms with Crippen molar-refractivity contribution < 1.29 is 23.8 Å². The predicted molar refractivity (Wildman–Crippen MR) is 214 cm³/mol. The molecule has 7 aromatic carbocycles. The highest BCUT2D eigenvalue weighted by Crippen LogP contribution is 2.57. The Kier molecular flexibility index (Phi) is 8.85. The average Bonchev–Trinajstić information content (AvgIpc) is 3.68. The number of benzene rings is 7. The first-order valence-electron chi connectivity index (χ1n) is 18.3. The number of nitrogens with zero attached hydrogens (tertiary/aromatic N) is 3. The normalized spacial score (nSPS) is 17.0. The third kappa shape index (κ3) is 5.76. The smallest absolute Gasteiger partial charge is 0.426 e. The number of hydrazine groups is 1. The van der Waals surface area contributed by atoms with Gasteiger partial charge in [-0.1, -0.05) is 176 Å². The number of anilines is 1. The molecule has 272 valence electrons. The molecule has 2 amide bonds. The lowest BCUT2D eigenvalue weighted by Crippen LogP contribution is -2.59. The molecule has 1 unspecified atom stereocenters. The van der Waals surface area contributed by atoms with Gasteiger partial charge >= 0.3 is 12.1 Å². The van der Waals surface area contributed by atoms with Gasteiger partial charge in [-0.3, -0.25) is 9.53 Å². The van der Waals surface area contributed by atoms with Crippen molar-refractivity contribution in [2.45, 2.75) is 11.6 Å². The number of para-hydroxylation sites is 3. The quantitative estimate of drug-likeness (QED) is 0.155. The van der Waals surface area contributed by atoms with Gasteiger partial charge in [0.25, 0.3) is 5.91 Å². The van der Waals surface area contributed by atoms with E-state index in [0.717, 1.165) is 11.1 Å². The van der Waals surface area contributed by atoms with E-state index in [4.69, 9.17) is 14.2 Å². The number of ether oxygens (including phenoxy) is 3. The van der Waals surface area contributed by atoms with Gasteiger partial charge < -0.3 is 9.47 Å². The number of rotatable bonds is 8. The molecular weight excluding hydrogens is 699 g/mol. The standard InChI is InChI=1S/C48H35N3O5/c52-45-47(38-26-12-3-13-27-38,39-28-14-4-15-29-39)56-48(55-42-34-20-7-21-35-42)49(40-30-16-5-17-31-40)44(50(51(45)48)46(53)54-41-32-18-6-19-33-41)43(36-22-8-1-9-23-36)37-24-10-2-11-25-37/h1-35H. The number of fused-ring (bicyclic) bond motifs is 1. The summed E-state index contributed by atoms with van der Waals surface area (Å²) in [6.07, 6.45) is -0.857. The van der Waals surface area contributed by atoms with E-state index < -0.39 is 23.6 Å². The molecule has 8 heteroatoms. The van der Waals surface area contributed by atoms with E-state index in [1.54, 1.807) is 41.3 Å².